The number of carbonyl (C=O) groups is 1. The van der Waals surface area contributed by atoms with Crippen LogP contribution in [0, 0.1) is 11.6 Å². The van der Waals surface area contributed by atoms with Crippen molar-refractivity contribution in [3.63, 3.8) is 0 Å². The normalized spacial score (nSPS) is 16.2. The highest BCUT2D eigenvalue weighted by molar-refractivity contribution is 5.76. The number of benzene rings is 3. The van der Waals surface area contributed by atoms with Gasteiger partial charge in [0.2, 0.25) is 0 Å². The van der Waals surface area contributed by atoms with E-state index < -0.39 is 35.6 Å². The topological polar surface area (TPSA) is 38.8 Å². The van der Waals surface area contributed by atoms with E-state index in [0.717, 1.165) is 29.8 Å². The molecule has 0 bridgehead atoms. The lowest BCUT2D eigenvalue weighted by Gasteiger charge is -2.32. The lowest BCUT2D eigenvalue weighted by atomic mass is 9.92. The lowest BCUT2D eigenvalue weighted by molar-refractivity contribution is -0.137. The quantitative estimate of drug-likeness (QED) is 0.311. The number of nitrogens with zero attached hydrogens (tertiary/aromatic N) is 1. The fourth-order valence-electron chi connectivity index (χ4n) is 4.37. The summed E-state index contributed by atoms with van der Waals surface area (Å²) in [6, 6.07) is 12.2. The third-order valence-corrected chi connectivity index (χ3v) is 6.45. The zero-order valence-electron chi connectivity index (χ0n) is 20.5. The predicted octanol–water partition coefficient (Wildman–Crippen LogP) is 7.87. The average molecular weight is 520 g/mol. The molecule has 9 heteroatoms. The van der Waals surface area contributed by atoms with Crippen LogP contribution in [0.1, 0.15) is 54.5 Å². The molecule has 0 unspecified atom stereocenters. The Hall–Kier alpha value is -3.62. The van der Waals surface area contributed by atoms with Crippen molar-refractivity contribution >= 4 is 6.09 Å². The minimum Gasteiger partial charge on any atom is -0.496 e. The molecular weight excluding hydrogens is 493 g/mol. The Balaban J connectivity index is 1.67. The molecule has 0 N–H and O–H groups in total. The maximum atomic E-state index is 13.6. The number of amides is 1. The second-order valence-electron chi connectivity index (χ2n) is 9.24. The van der Waals surface area contributed by atoms with Crippen LogP contribution in [0.4, 0.5) is 26.7 Å². The monoisotopic (exact) mass is 519 g/mol. The zero-order chi connectivity index (χ0) is 26.9. The van der Waals surface area contributed by atoms with Crippen LogP contribution in [0.5, 0.6) is 5.75 Å². The van der Waals surface area contributed by atoms with Gasteiger partial charge in [0.15, 0.2) is 11.6 Å². The standard InChI is InChI=1S/C28H26F5NO3/c1-16(2)17-5-9-26(36-3)22(13-17)21-7-6-20(28(31,32)33)12-19(21)15-34-11-10-25(37-27(34)35)18-4-8-23(29)24(30)14-18/h4-9,12-14,16,25H,10-11,15H2,1-3H3/t25-/m0/s1. The summed E-state index contributed by atoms with van der Waals surface area (Å²) in [7, 11) is 1.48. The number of alkyl halides is 3. The molecule has 37 heavy (non-hydrogen) atoms. The van der Waals surface area contributed by atoms with Crippen molar-refractivity contribution in [1.29, 1.82) is 0 Å². The predicted molar refractivity (Wildman–Crippen MR) is 128 cm³/mol. The van der Waals surface area contributed by atoms with Crippen molar-refractivity contribution in [1.82, 2.24) is 4.90 Å². The molecule has 0 saturated carbocycles. The van der Waals surface area contributed by atoms with E-state index in [2.05, 4.69) is 0 Å². The van der Waals surface area contributed by atoms with E-state index in [4.69, 9.17) is 9.47 Å². The van der Waals surface area contributed by atoms with Crippen LogP contribution in [0.2, 0.25) is 0 Å². The van der Waals surface area contributed by atoms with Gasteiger partial charge in [-0.15, -0.1) is 0 Å². The molecule has 1 fully saturated rings. The first-order valence-electron chi connectivity index (χ1n) is 11.8. The van der Waals surface area contributed by atoms with Crippen LogP contribution in [0.3, 0.4) is 0 Å². The third-order valence-electron chi connectivity index (χ3n) is 6.45. The molecule has 1 saturated heterocycles. The summed E-state index contributed by atoms with van der Waals surface area (Å²) >= 11 is 0. The number of carbonyl (C=O) groups excluding carboxylic acids is 1. The summed E-state index contributed by atoms with van der Waals surface area (Å²) in [5, 5.41) is 0. The molecule has 0 aliphatic carbocycles. The van der Waals surface area contributed by atoms with Gasteiger partial charge in [0.25, 0.3) is 0 Å². The molecule has 1 atom stereocenters. The van der Waals surface area contributed by atoms with Crippen LogP contribution in [0.25, 0.3) is 11.1 Å². The van der Waals surface area contributed by atoms with Crippen LogP contribution in [-0.4, -0.2) is 24.6 Å². The van der Waals surface area contributed by atoms with Crippen LogP contribution < -0.4 is 4.74 Å². The number of halogens is 5. The highest BCUT2D eigenvalue weighted by Gasteiger charge is 2.33. The minimum atomic E-state index is -4.57. The lowest BCUT2D eigenvalue weighted by Crippen LogP contribution is -2.38. The summed E-state index contributed by atoms with van der Waals surface area (Å²) < 4.78 is 78.6. The molecule has 1 aliphatic heterocycles. The fraction of sp³-hybridized carbons (Fsp3) is 0.321. The number of hydrogen-bond acceptors (Lipinski definition) is 3. The van der Waals surface area contributed by atoms with Crippen molar-refractivity contribution in [3.05, 3.63) is 88.5 Å². The van der Waals surface area contributed by atoms with E-state index in [1.165, 1.54) is 24.1 Å². The Kier molecular flexibility index (Phi) is 7.43. The highest BCUT2D eigenvalue weighted by Crippen LogP contribution is 2.39. The molecule has 3 aromatic rings. The molecule has 0 aromatic heterocycles. The number of hydrogen-bond donors (Lipinski definition) is 0. The van der Waals surface area contributed by atoms with Gasteiger partial charge < -0.3 is 14.4 Å². The number of cyclic esters (lactones) is 1. The summed E-state index contributed by atoms with van der Waals surface area (Å²) in [4.78, 5) is 14.1. The zero-order valence-corrected chi connectivity index (χ0v) is 20.5. The van der Waals surface area contributed by atoms with E-state index in [-0.39, 0.29) is 31.0 Å². The SMILES string of the molecule is COc1ccc(C(C)C)cc1-c1ccc(C(F)(F)F)cc1CN1CC[C@@H](c2ccc(F)c(F)c2)OC1=O. The molecular formula is C28H26F5NO3. The second-order valence-corrected chi connectivity index (χ2v) is 9.24. The Morgan fingerprint density at radius 3 is 2.38 bits per heavy atom. The number of methoxy groups -OCH3 is 1. The number of rotatable bonds is 6. The summed E-state index contributed by atoms with van der Waals surface area (Å²) in [5.41, 5.74) is 1.84. The second kappa shape index (κ2) is 10.4. The van der Waals surface area contributed by atoms with Gasteiger partial charge in [0, 0.05) is 25.1 Å². The van der Waals surface area contributed by atoms with Gasteiger partial charge in [-0.05, 0) is 64.6 Å². The average Bonchev–Trinajstić information content (AvgIpc) is 2.86. The molecule has 1 amide bonds. The Morgan fingerprint density at radius 1 is 1.00 bits per heavy atom. The van der Waals surface area contributed by atoms with Gasteiger partial charge >= 0.3 is 12.3 Å². The van der Waals surface area contributed by atoms with Crippen LogP contribution in [-0.2, 0) is 17.5 Å². The molecule has 3 aromatic carbocycles. The highest BCUT2D eigenvalue weighted by atomic mass is 19.4. The van der Waals surface area contributed by atoms with E-state index in [1.54, 1.807) is 6.07 Å². The smallest absolute Gasteiger partial charge is 0.416 e. The van der Waals surface area contributed by atoms with Gasteiger partial charge in [0.1, 0.15) is 11.9 Å². The fourth-order valence-corrected chi connectivity index (χ4v) is 4.37. The van der Waals surface area contributed by atoms with Crippen LogP contribution >= 0.6 is 0 Å². The minimum absolute atomic E-state index is 0.141. The first-order chi connectivity index (χ1) is 17.5. The third kappa shape index (κ3) is 5.70. The molecule has 1 aliphatic rings. The van der Waals surface area contributed by atoms with Crippen molar-refractivity contribution in [2.75, 3.05) is 13.7 Å². The first kappa shape index (κ1) is 26.4. The summed E-state index contributed by atoms with van der Waals surface area (Å²) in [6.45, 7) is 4.03. The summed E-state index contributed by atoms with van der Waals surface area (Å²) in [5.74, 6) is -1.40. The number of ether oxygens (including phenoxy) is 2. The molecule has 1 heterocycles. The van der Waals surface area contributed by atoms with Crippen molar-refractivity contribution in [2.24, 2.45) is 0 Å². The van der Waals surface area contributed by atoms with Gasteiger partial charge in [-0.1, -0.05) is 32.0 Å². The molecule has 0 spiro atoms. The maximum absolute atomic E-state index is 13.6. The van der Waals surface area contributed by atoms with Crippen molar-refractivity contribution < 1.29 is 36.2 Å². The summed E-state index contributed by atoms with van der Waals surface area (Å²) in [6.07, 6.45) is -5.86. The van der Waals surface area contributed by atoms with Crippen molar-refractivity contribution in [3.8, 4) is 16.9 Å². The van der Waals surface area contributed by atoms with Gasteiger partial charge in [-0.2, -0.15) is 13.2 Å². The van der Waals surface area contributed by atoms with Gasteiger partial charge in [0.05, 0.1) is 12.7 Å². The van der Waals surface area contributed by atoms with E-state index >= 15 is 0 Å². The Morgan fingerprint density at radius 2 is 1.76 bits per heavy atom. The maximum Gasteiger partial charge on any atom is 0.416 e. The Bertz CT molecular complexity index is 1310. The molecule has 4 rings (SSSR count). The van der Waals surface area contributed by atoms with Crippen molar-refractivity contribution in [2.45, 2.75) is 45.0 Å². The Labute approximate surface area is 211 Å². The van der Waals surface area contributed by atoms with Gasteiger partial charge in [-0.25, -0.2) is 13.6 Å². The van der Waals surface area contributed by atoms with Gasteiger partial charge in [-0.3, -0.25) is 0 Å². The van der Waals surface area contributed by atoms with Crippen LogP contribution in [0.15, 0.2) is 54.6 Å². The van der Waals surface area contributed by atoms with E-state index in [0.29, 0.717) is 22.4 Å². The molecule has 4 nitrogen and oxygen atoms in total. The first-order valence-corrected chi connectivity index (χ1v) is 11.8. The molecule has 0 radical (unpaired) electrons. The molecule has 196 valence electrons. The van der Waals surface area contributed by atoms with E-state index in [9.17, 15) is 26.7 Å². The van der Waals surface area contributed by atoms with E-state index in [1.807, 2.05) is 26.0 Å². The largest absolute Gasteiger partial charge is 0.496 e.